The summed E-state index contributed by atoms with van der Waals surface area (Å²) in [7, 11) is -3.15. The largest absolute Gasteiger partial charge is 0.469 e. The smallest absolute Gasteiger partial charge is 0.180 e. The number of fused-ring (bicyclic) bond motifs is 1. The van der Waals surface area contributed by atoms with Crippen LogP contribution in [0.2, 0.25) is 0 Å². The van der Waals surface area contributed by atoms with Gasteiger partial charge in [0, 0.05) is 18.5 Å². The molecule has 0 saturated heterocycles. The Hall–Kier alpha value is -1.59. The summed E-state index contributed by atoms with van der Waals surface area (Å²) in [6.07, 6.45) is 2.39. The molecule has 106 valence electrons. The minimum Gasteiger partial charge on any atom is -0.469 e. The van der Waals surface area contributed by atoms with Crippen molar-refractivity contribution in [3.8, 4) is 0 Å². The zero-order valence-electron chi connectivity index (χ0n) is 11.2. The Balaban J connectivity index is 1.76. The normalized spacial score (nSPS) is 21.6. The molecule has 1 aromatic heterocycles. The predicted octanol–water partition coefficient (Wildman–Crippen LogP) is 2.33. The van der Waals surface area contributed by atoms with Gasteiger partial charge in [-0.1, -0.05) is 18.2 Å². The maximum Gasteiger partial charge on any atom is 0.180 e. The third-order valence-corrected chi connectivity index (χ3v) is 5.40. The molecule has 1 N–H and O–H groups in total. The van der Waals surface area contributed by atoms with Crippen LogP contribution in [-0.2, 0) is 16.3 Å². The molecule has 0 saturated carbocycles. The van der Waals surface area contributed by atoms with Crippen LogP contribution in [-0.4, -0.2) is 20.2 Å². The van der Waals surface area contributed by atoms with E-state index in [1.165, 1.54) is 0 Å². The van der Waals surface area contributed by atoms with Gasteiger partial charge in [0.05, 0.1) is 16.9 Å². The Morgan fingerprint density at radius 1 is 1.30 bits per heavy atom. The Morgan fingerprint density at radius 3 is 2.85 bits per heavy atom. The fraction of sp³-hybridized carbons (Fsp3) is 0.333. The second-order valence-electron chi connectivity index (χ2n) is 5.22. The monoisotopic (exact) mass is 291 g/mol. The SMILES string of the molecule is CC(Cc1ccco1)NC1CS(=O)(=O)c2ccccc21. The van der Waals surface area contributed by atoms with Gasteiger partial charge in [0.2, 0.25) is 0 Å². The molecule has 3 rings (SSSR count). The molecule has 1 aromatic carbocycles. The number of sulfone groups is 1. The lowest BCUT2D eigenvalue weighted by Gasteiger charge is -2.18. The van der Waals surface area contributed by atoms with Gasteiger partial charge in [-0.15, -0.1) is 0 Å². The van der Waals surface area contributed by atoms with Crippen molar-refractivity contribution >= 4 is 9.84 Å². The highest BCUT2D eigenvalue weighted by Crippen LogP contribution is 2.33. The van der Waals surface area contributed by atoms with Crippen LogP contribution >= 0.6 is 0 Å². The molecule has 0 aliphatic carbocycles. The van der Waals surface area contributed by atoms with Crippen LogP contribution in [0, 0.1) is 0 Å². The second kappa shape index (κ2) is 5.07. The lowest BCUT2D eigenvalue weighted by Crippen LogP contribution is -2.33. The first-order valence-corrected chi connectivity index (χ1v) is 8.31. The van der Waals surface area contributed by atoms with Crippen molar-refractivity contribution in [1.82, 2.24) is 5.32 Å². The van der Waals surface area contributed by atoms with Crippen LogP contribution in [0.3, 0.4) is 0 Å². The lowest BCUT2D eigenvalue weighted by atomic mass is 10.1. The van der Waals surface area contributed by atoms with E-state index >= 15 is 0 Å². The van der Waals surface area contributed by atoms with Crippen molar-refractivity contribution < 1.29 is 12.8 Å². The van der Waals surface area contributed by atoms with Crippen LogP contribution in [0.4, 0.5) is 0 Å². The van der Waals surface area contributed by atoms with E-state index in [2.05, 4.69) is 5.32 Å². The highest BCUT2D eigenvalue weighted by Gasteiger charge is 2.34. The zero-order chi connectivity index (χ0) is 14.2. The van der Waals surface area contributed by atoms with E-state index in [0.29, 0.717) is 4.90 Å². The summed E-state index contributed by atoms with van der Waals surface area (Å²) in [4.78, 5) is 0.461. The molecule has 1 aliphatic heterocycles. The second-order valence-corrected chi connectivity index (χ2v) is 7.23. The number of nitrogens with one attached hydrogen (secondary N) is 1. The molecule has 20 heavy (non-hydrogen) atoms. The molecule has 0 radical (unpaired) electrons. The van der Waals surface area contributed by atoms with Gasteiger partial charge in [0.1, 0.15) is 5.76 Å². The van der Waals surface area contributed by atoms with Gasteiger partial charge < -0.3 is 9.73 Å². The Bertz CT molecular complexity index is 692. The van der Waals surface area contributed by atoms with E-state index in [9.17, 15) is 8.42 Å². The molecular weight excluding hydrogens is 274 g/mol. The molecule has 2 heterocycles. The third kappa shape index (κ3) is 2.51. The first kappa shape index (κ1) is 13.4. The molecule has 0 spiro atoms. The first-order chi connectivity index (χ1) is 9.56. The fourth-order valence-electron chi connectivity index (χ4n) is 2.72. The van der Waals surface area contributed by atoms with Crippen molar-refractivity contribution in [2.45, 2.75) is 30.3 Å². The summed E-state index contributed by atoms with van der Waals surface area (Å²) in [5, 5.41) is 3.39. The standard InChI is InChI=1S/C15H17NO3S/c1-11(9-12-5-4-8-19-12)16-14-10-20(17,18)15-7-3-2-6-13(14)15/h2-8,11,14,16H,9-10H2,1H3. The van der Waals surface area contributed by atoms with Crippen LogP contribution in [0.25, 0.3) is 0 Å². The van der Waals surface area contributed by atoms with Crippen molar-refractivity contribution in [2.75, 3.05) is 5.75 Å². The summed E-state index contributed by atoms with van der Waals surface area (Å²) >= 11 is 0. The molecule has 2 aromatic rings. The van der Waals surface area contributed by atoms with Crippen molar-refractivity contribution in [3.63, 3.8) is 0 Å². The summed E-state index contributed by atoms with van der Waals surface area (Å²) in [6.45, 7) is 2.04. The Labute approximate surface area is 118 Å². The summed E-state index contributed by atoms with van der Waals surface area (Å²) in [6, 6.07) is 11.0. The van der Waals surface area contributed by atoms with Gasteiger partial charge in [0.25, 0.3) is 0 Å². The van der Waals surface area contributed by atoms with Gasteiger partial charge >= 0.3 is 0 Å². The fourth-order valence-corrected chi connectivity index (χ4v) is 4.47. The maximum absolute atomic E-state index is 12.1. The molecule has 0 amide bonds. The molecule has 0 bridgehead atoms. The number of furan rings is 1. The van der Waals surface area contributed by atoms with Gasteiger partial charge in [-0.2, -0.15) is 0 Å². The topological polar surface area (TPSA) is 59.3 Å². The average Bonchev–Trinajstić information content (AvgIpc) is 2.98. The molecule has 5 heteroatoms. The molecule has 0 fully saturated rings. The van der Waals surface area contributed by atoms with E-state index in [4.69, 9.17) is 4.42 Å². The summed E-state index contributed by atoms with van der Waals surface area (Å²) in [5.74, 6) is 1.04. The third-order valence-electron chi connectivity index (χ3n) is 3.59. The van der Waals surface area contributed by atoms with Crippen LogP contribution in [0.5, 0.6) is 0 Å². The zero-order valence-corrected chi connectivity index (χ0v) is 12.1. The van der Waals surface area contributed by atoms with Crippen LogP contribution in [0.1, 0.15) is 24.3 Å². The van der Waals surface area contributed by atoms with Gasteiger partial charge in [-0.05, 0) is 30.7 Å². The highest BCUT2D eigenvalue weighted by atomic mass is 32.2. The predicted molar refractivity (Wildman–Crippen MR) is 76.2 cm³/mol. The quantitative estimate of drug-likeness (QED) is 0.939. The maximum atomic E-state index is 12.1. The lowest BCUT2D eigenvalue weighted by molar-refractivity contribution is 0.431. The molecule has 2 unspecified atom stereocenters. The van der Waals surface area contributed by atoms with E-state index in [1.54, 1.807) is 18.4 Å². The summed E-state index contributed by atoms with van der Waals surface area (Å²) in [5.41, 5.74) is 0.874. The first-order valence-electron chi connectivity index (χ1n) is 6.66. The number of hydrogen-bond donors (Lipinski definition) is 1. The van der Waals surface area contributed by atoms with E-state index in [0.717, 1.165) is 17.7 Å². The molecule has 4 nitrogen and oxygen atoms in total. The molecule has 1 aliphatic rings. The van der Waals surface area contributed by atoms with E-state index in [1.807, 2.05) is 31.2 Å². The Morgan fingerprint density at radius 2 is 2.10 bits per heavy atom. The van der Waals surface area contributed by atoms with Gasteiger partial charge in [0.15, 0.2) is 9.84 Å². The van der Waals surface area contributed by atoms with Gasteiger partial charge in [-0.25, -0.2) is 8.42 Å². The minimum absolute atomic E-state index is 0.134. The summed E-state index contributed by atoms with van der Waals surface area (Å²) < 4.78 is 29.5. The van der Waals surface area contributed by atoms with E-state index in [-0.39, 0.29) is 17.8 Å². The van der Waals surface area contributed by atoms with Crippen LogP contribution in [0.15, 0.2) is 52.0 Å². The number of rotatable bonds is 4. The minimum atomic E-state index is -3.15. The number of benzene rings is 1. The number of hydrogen-bond acceptors (Lipinski definition) is 4. The Kier molecular flexibility index (Phi) is 3.40. The van der Waals surface area contributed by atoms with Crippen molar-refractivity contribution in [1.29, 1.82) is 0 Å². The highest BCUT2D eigenvalue weighted by molar-refractivity contribution is 7.91. The average molecular weight is 291 g/mol. The van der Waals surface area contributed by atoms with Crippen LogP contribution < -0.4 is 5.32 Å². The molecular formula is C15H17NO3S. The van der Waals surface area contributed by atoms with E-state index < -0.39 is 9.84 Å². The van der Waals surface area contributed by atoms with Crippen molar-refractivity contribution in [2.24, 2.45) is 0 Å². The van der Waals surface area contributed by atoms with Crippen molar-refractivity contribution in [3.05, 3.63) is 54.0 Å². The molecule has 2 atom stereocenters. The van der Waals surface area contributed by atoms with Gasteiger partial charge in [-0.3, -0.25) is 0 Å².